The van der Waals surface area contributed by atoms with Crippen LogP contribution >= 0.6 is 34.8 Å². The summed E-state index contributed by atoms with van der Waals surface area (Å²) in [7, 11) is -4.10. The molecule has 0 bridgehead atoms. The molecule has 1 amide bonds. The van der Waals surface area contributed by atoms with E-state index in [1.807, 2.05) is 0 Å². The number of carbonyl (C=O) groups is 1. The summed E-state index contributed by atoms with van der Waals surface area (Å²) in [4.78, 5) is 12.9. The molecule has 0 heterocycles. The first-order chi connectivity index (χ1) is 16.6. The van der Waals surface area contributed by atoms with Gasteiger partial charge >= 0.3 is 0 Å². The lowest BCUT2D eigenvalue weighted by Gasteiger charge is -2.23. The van der Waals surface area contributed by atoms with E-state index in [0.29, 0.717) is 16.3 Å². The Kier molecular flexibility index (Phi) is 7.41. The molecule has 0 aliphatic heterocycles. The molecule has 0 atom stereocenters. The third-order valence-electron chi connectivity index (χ3n) is 5.85. The third-order valence-corrected chi connectivity index (χ3v) is 8.62. The molecule has 0 spiro atoms. The Labute approximate surface area is 219 Å². The molecule has 1 saturated carbocycles. The van der Waals surface area contributed by atoms with Crippen molar-refractivity contribution >= 4 is 56.4 Å². The number of anilines is 1. The third kappa shape index (κ3) is 5.64. The minimum absolute atomic E-state index is 0.0199. The molecule has 1 aliphatic carbocycles. The molecule has 4 rings (SSSR count). The van der Waals surface area contributed by atoms with Gasteiger partial charge in [-0.05, 0) is 66.9 Å². The topological polar surface area (TPSA) is 90.3 Å². The van der Waals surface area contributed by atoms with Crippen molar-refractivity contribution in [2.24, 2.45) is 0 Å². The normalized spacial score (nSPS) is 14.4. The lowest BCUT2D eigenvalue weighted by atomic mass is 9.98. The summed E-state index contributed by atoms with van der Waals surface area (Å²) in [6.07, 6.45) is 1.63. The number of nitrogens with one attached hydrogen (secondary N) is 1. The van der Waals surface area contributed by atoms with Crippen molar-refractivity contribution in [2.75, 3.05) is 11.9 Å². The van der Waals surface area contributed by atoms with Crippen molar-refractivity contribution in [1.29, 1.82) is 5.26 Å². The van der Waals surface area contributed by atoms with Crippen LogP contribution < -0.4 is 5.32 Å². The second-order valence-electron chi connectivity index (χ2n) is 8.25. The molecule has 10 heteroatoms. The molecule has 0 unspecified atom stereocenters. The highest BCUT2D eigenvalue weighted by molar-refractivity contribution is 7.89. The maximum Gasteiger partial charge on any atom is 0.243 e. The molecule has 1 fully saturated rings. The molecule has 1 aliphatic rings. The Morgan fingerprint density at radius 2 is 1.57 bits per heavy atom. The summed E-state index contributed by atoms with van der Waals surface area (Å²) >= 11 is 18.5. The quantitative estimate of drug-likeness (QED) is 0.372. The Morgan fingerprint density at radius 3 is 2.11 bits per heavy atom. The number of carbonyl (C=O) groups excluding carboxylic acids is 1. The molecule has 0 radical (unpaired) electrons. The Balaban J connectivity index is 1.58. The Hall–Kier alpha value is -2.60. The van der Waals surface area contributed by atoms with Gasteiger partial charge in [0.2, 0.25) is 15.9 Å². The highest BCUT2D eigenvalue weighted by Gasteiger charge is 2.44. The van der Waals surface area contributed by atoms with E-state index in [-0.39, 0.29) is 21.5 Å². The zero-order valence-electron chi connectivity index (χ0n) is 18.3. The highest BCUT2D eigenvalue weighted by Crippen LogP contribution is 2.47. The average molecular weight is 549 g/mol. The van der Waals surface area contributed by atoms with Crippen LogP contribution in [0.15, 0.2) is 71.6 Å². The maximum absolute atomic E-state index is 13.4. The smallest absolute Gasteiger partial charge is 0.243 e. The second kappa shape index (κ2) is 10.2. The van der Waals surface area contributed by atoms with Gasteiger partial charge in [-0.3, -0.25) is 4.79 Å². The maximum atomic E-state index is 13.4. The number of amides is 1. The summed E-state index contributed by atoms with van der Waals surface area (Å²) in [6, 6.07) is 19.9. The van der Waals surface area contributed by atoms with E-state index < -0.39 is 27.9 Å². The summed E-state index contributed by atoms with van der Waals surface area (Å²) in [5, 5.41) is 13.0. The van der Waals surface area contributed by atoms with Crippen molar-refractivity contribution in [3.8, 4) is 6.07 Å². The lowest BCUT2D eigenvalue weighted by molar-refractivity contribution is -0.116. The van der Waals surface area contributed by atoms with Gasteiger partial charge in [0, 0.05) is 32.9 Å². The second-order valence-corrected chi connectivity index (χ2v) is 11.4. The van der Waals surface area contributed by atoms with Gasteiger partial charge in [-0.15, -0.1) is 0 Å². The van der Waals surface area contributed by atoms with E-state index in [4.69, 9.17) is 34.8 Å². The van der Waals surface area contributed by atoms with Crippen LogP contribution in [-0.2, 0) is 26.8 Å². The number of hydrogen-bond donors (Lipinski definition) is 1. The zero-order chi connectivity index (χ0) is 25.2. The van der Waals surface area contributed by atoms with Crippen LogP contribution in [0.3, 0.4) is 0 Å². The van der Waals surface area contributed by atoms with Gasteiger partial charge in [0.15, 0.2) is 0 Å². The minimum Gasteiger partial charge on any atom is -0.325 e. The molecule has 180 valence electrons. The molecule has 3 aromatic rings. The first-order valence-electron chi connectivity index (χ1n) is 10.6. The molecular formula is C25H20Cl3N3O3S. The Bertz CT molecular complexity index is 1380. The number of nitriles is 1. The minimum atomic E-state index is -4.10. The van der Waals surface area contributed by atoms with Gasteiger partial charge in [0.05, 0.1) is 22.9 Å². The summed E-state index contributed by atoms with van der Waals surface area (Å²) < 4.78 is 27.9. The molecule has 3 aromatic carbocycles. The van der Waals surface area contributed by atoms with Crippen molar-refractivity contribution in [3.63, 3.8) is 0 Å². The fourth-order valence-corrected chi connectivity index (χ4v) is 5.67. The number of nitrogens with zero attached hydrogens (tertiary/aromatic N) is 2. The molecule has 1 N–H and O–H groups in total. The van der Waals surface area contributed by atoms with Crippen LogP contribution in [0, 0.1) is 11.3 Å². The number of halogens is 3. The number of benzene rings is 3. The van der Waals surface area contributed by atoms with Crippen molar-refractivity contribution in [1.82, 2.24) is 4.31 Å². The SMILES string of the molecule is N#CC1(c2ccc(NC(=O)CN(Cc3c(Cl)cccc3Cl)S(=O)(=O)c3ccc(Cl)cc3)cc2)CC1. The number of hydrogen-bond acceptors (Lipinski definition) is 4. The Morgan fingerprint density at radius 1 is 0.971 bits per heavy atom. The molecule has 0 saturated heterocycles. The van der Waals surface area contributed by atoms with Crippen LogP contribution in [0.1, 0.15) is 24.0 Å². The van der Waals surface area contributed by atoms with Crippen LogP contribution in [0.5, 0.6) is 0 Å². The lowest BCUT2D eigenvalue weighted by Crippen LogP contribution is -2.37. The molecule has 35 heavy (non-hydrogen) atoms. The van der Waals surface area contributed by atoms with Crippen LogP contribution in [0.2, 0.25) is 15.1 Å². The van der Waals surface area contributed by atoms with Gasteiger partial charge in [-0.25, -0.2) is 8.42 Å². The largest absolute Gasteiger partial charge is 0.325 e. The zero-order valence-corrected chi connectivity index (χ0v) is 21.4. The van der Waals surface area contributed by atoms with Crippen molar-refractivity contribution < 1.29 is 13.2 Å². The van der Waals surface area contributed by atoms with Crippen LogP contribution in [0.25, 0.3) is 0 Å². The number of sulfonamides is 1. The molecule has 0 aromatic heterocycles. The fraction of sp³-hybridized carbons (Fsp3) is 0.200. The van der Waals surface area contributed by atoms with Gasteiger partial charge in [0.1, 0.15) is 0 Å². The monoisotopic (exact) mass is 547 g/mol. The first-order valence-corrected chi connectivity index (χ1v) is 13.2. The average Bonchev–Trinajstić information content (AvgIpc) is 3.63. The van der Waals surface area contributed by atoms with E-state index in [0.717, 1.165) is 22.7 Å². The molecule has 6 nitrogen and oxygen atoms in total. The standard InChI is InChI=1S/C25H20Cl3N3O3S/c26-18-6-10-20(11-7-18)35(33,34)31(14-21-22(27)2-1-3-23(21)28)15-24(32)30-19-8-4-17(5-9-19)25(16-29)12-13-25/h1-11H,12-15H2,(H,30,32). The van der Waals surface area contributed by atoms with Crippen molar-refractivity contribution in [3.05, 3.63) is 92.9 Å². The summed E-state index contributed by atoms with van der Waals surface area (Å²) in [5.74, 6) is -0.542. The van der Waals surface area contributed by atoms with Gasteiger partial charge < -0.3 is 5.32 Å². The predicted octanol–water partition coefficient (Wildman–Crippen LogP) is 6.03. The van der Waals surface area contributed by atoms with Crippen LogP contribution in [-0.4, -0.2) is 25.2 Å². The molecular weight excluding hydrogens is 529 g/mol. The van der Waals surface area contributed by atoms with E-state index in [1.54, 1.807) is 42.5 Å². The van der Waals surface area contributed by atoms with Crippen molar-refractivity contribution in [2.45, 2.75) is 29.7 Å². The van der Waals surface area contributed by atoms with E-state index >= 15 is 0 Å². The summed E-state index contributed by atoms with van der Waals surface area (Å²) in [5.41, 5.74) is 1.35. The first kappa shape index (κ1) is 25.5. The van der Waals surface area contributed by atoms with E-state index in [2.05, 4.69) is 11.4 Å². The van der Waals surface area contributed by atoms with E-state index in [9.17, 15) is 18.5 Å². The predicted molar refractivity (Wildman–Crippen MR) is 137 cm³/mol. The number of rotatable bonds is 8. The highest BCUT2D eigenvalue weighted by atomic mass is 35.5. The fourth-order valence-electron chi connectivity index (χ4n) is 3.66. The van der Waals surface area contributed by atoms with Crippen LogP contribution in [0.4, 0.5) is 5.69 Å². The van der Waals surface area contributed by atoms with E-state index in [1.165, 1.54) is 24.3 Å². The van der Waals surface area contributed by atoms with Gasteiger partial charge in [-0.2, -0.15) is 9.57 Å². The summed E-state index contributed by atoms with van der Waals surface area (Å²) in [6.45, 7) is -0.684. The van der Waals surface area contributed by atoms with Gasteiger partial charge in [-0.1, -0.05) is 53.0 Å². The van der Waals surface area contributed by atoms with Gasteiger partial charge in [0.25, 0.3) is 0 Å².